The molecule has 3 heterocycles. The standard InChI is InChI=1S/C22H24N4O2S/c1-4-16-9-21(29-13-20(27)25-11-14(2)28-15(3)12-25)26-19-8-6-5-7-18(19)24-22(26)17(16)10-23/h5-9,14-15H,4,11-13H2,1-3H3/t14-,15-/m1/s1. The minimum absolute atomic E-state index is 0.0543. The van der Waals surface area contributed by atoms with E-state index in [4.69, 9.17) is 9.72 Å². The van der Waals surface area contributed by atoms with Crippen molar-refractivity contribution in [2.45, 2.75) is 44.4 Å². The Balaban J connectivity index is 1.70. The van der Waals surface area contributed by atoms with Crippen LogP contribution in [-0.2, 0) is 16.0 Å². The monoisotopic (exact) mass is 408 g/mol. The number of benzene rings is 1. The topological polar surface area (TPSA) is 70.6 Å². The van der Waals surface area contributed by atoms with Crippen LogP contribution < -0.4 is 0 Å². The molecular weight excluding hydrogens is 384 g/mol. The molecule has 1 aliphatic heterocycles. The van der Waals surface area contributed by atoms with Gasteiger partial charge in [0.05, 0.1) is 39.6 Å². The third-order valence-corrected chi connectivity index (χ3v) is 6.22. The van der Waals surface area contributed by atoms with E-state index in [0.717, 1.165) is 28.0 Å². The zero-order chi connectivity index (χ0) is 20.5. The van der Waals surface area contributed by atoms with Gasteiger partial charge >= 0.3 is 0 Å². The molecule has 1 aromatic carbocycles. The molecule has 4 rings (SSSR count). The Kier molecular flexibility index (Phi) is 5.48. The van der Waals surface area contributed by atoms with Crippen LogP contribution in [0.15, 0.2) is 35.4 Å². The van der Waals surface area contributed by atoms with Gasteiger partial charge in [0.25, 0.3) is 0 Å². The highest BCUT2D eigenvalue weighted by molar-refractivity contribution is 7.99. The molecule has 0 N–H and O–H groups in total. The minimum atomic E-state index is 0.0543. The molecule has 6 nitrogen and oxygen atoms in total. The van der Waals surface area contributed by atoms with Gasteiger partial charge in [0.1, 0.15) is 6.07 Å². The second kappa shape index (κ2) is 8.05. The molecule has 0 bridgehead atoms. The Morgan fingerprint density at radius 1 is 1.31 bits per heavy atom. The van der Waals surface area contributed by atoms with Gasteiger partial charge in [-0.15, -0.1) is 0 Å². The van der Waals surface area contributed by atoms with Gasteiger partial charge in [-0.05, 0) is 44.0 Å². The number of carbonyl (C=O) groups excluding carboxylic acids is 1. The van der Waals surface area contributed by atoms with Gasteiger partial charge in [0.15, 0.2) is 5.65 Å². The van der Waals surface area contributed by atoms with Gasteiger partial charge in [-0.3, -0.25) is 9.20 Å². The Hall–Kier alpha value is -2.56. The van der Waals surface area contributed by atoms with Crippen molar-refractivity contribution >= 4 is 34.3 Å². The third kappa shape index (κ3) is 3.70. The number of morpholine rings is 1. The molecule has 2 aromatic heterocycles. The summed E-state index contributed by atoms with van der Waals surface area (Å²) >= 11 is 1.50. The van der Waals surface area contributed by atoms with Crippen LogP contribution in [0.4, 0.5) is 0 Å². The molecule has 1 saturated heterocycles. The normalized spacial score (nSPS) is 19.6. The van der Waals surface area contributed by atoms with E-state index in [0.29, 0.717) is 30.1 Å². The number of aryl methyl sites for hydroxylation is 1. The van der Waals surface area contributed by atoms with Crippen molar-refractivity contribution in [1.82, 2.24) is 14.3 Å². The van der Waals surface area contributed by atoms with Gasteiger partial charge < -0.3 is 9.64 Å². The van der Waals surface area contributed by atoms with E-state index in [2.05, 4.69) is 6.07 Å². The van der Waals surface area contributed by atoms with Crippen LogP contribution in [0.1, 0.15) is 31.9 Å². The lowest BCUT2D eigenvalue weighted by molar-refractivity contribution is -0.140. The summed E-state index contributed by atoms with van der Waals surface area (Å²) in [4.78, 5) is 19.4. The number of aromatic nitrogens is 2. The lowest BCUT2D eigenvalue weighted by atomic mass is 10.1. The van der Waals surface area contributed by atoms with Gasteiger partial charge in [0.2, 0.25) is 5.91 Å². The number of fused-ring (bicyclic) bond motifs is 3. The average molecular weight is 409 g/mol. The van der Waals surface area contributed by atoms with Gasteiger partial charge in [-0.2, -0.15) is 5.26 Å². The number of hydrogen-bond donors (Lipinski definition) is 0. The zero-order valence-electron chi connectivity index (χ0n) is 16.9. The summed E-state index contributed by atoms with van der Waals surface area (Å²) in [7, 11) is 0. The molecule has 150 valence electrons. The van der Waals surface area contributed by atoms with Crippen LogP contribution in [0.25, 0.3) is 16.7 Å². The molecule has 0 spiro atoms. The van der Waals surface area contributed by atoms with Crippen LogP contribution in [-0.4, -0.2) is 51.2 Å². The maximum Gasteiger partial charge on any atom is 0.233 e. The van der Waals surface area contributed by atoms with Gasteiger partial charge in [0, 0.05) is 13.1 Å². The molecule has 1 fully saturated rings. The van der Waals surface area contributed by atoms with E-state index in [1.165, 1.54) is 11.8 Å². The molecule has 3 aromatic rings. The molecular formula is C22H24N4O2S. The Bertz CT molecular complexity index is 1110. The number of nitrogens with zero attached hydrogens (tertiary/aromatic N) is 4. The number of amides is 1. The maximum absolute atomic E-state index is 12.9. The van der Waals surface area contributed by atoms with Gasteiger partial charge in [-0.1, -0.05) is 30.8 Å². The van der Waals surface area contributed by atoms with E-state index in [-0.39, 0.29) is 18.1 Å². The molecule has 29 heavy (non-hydrogen) atoms. The number of imidazole rings is 1. The van der Waals surface area contributed by atoms with Gasteiger partial charge in [-0.25, -0.2) is 4.98 Å². The van der Waals surface area contributed by atoms with E-state index in [1.54, 1.807) is 0 Å². The predicted molar refractivity (Wildman–Crippen MR) is 114 cm³/mol. The smallest absolute Gasteiger partial charge is 0.233 e. The molecule has 2 atom stereocenters. The quantitative estimate of drug-likeness (QED) is 0.616. The number of para-hydroxylation sites is 2. The lowest BCUT2D eigenvalue weighted by Gasteiger charge is -2.35. The summed E-state index contributed by atoms with van der Waals surface area (Å²) in [6.45, 7) is 7.28. The number of pyridine rings is 1. The molecule has 0 aliphatic carbocycles. The summed E-state index contributed by atoms with van der Waals surface area (Å²) in [6.07, 6.45) is 0.847. The van der Waals surface area contributed by atoms with E-state index in [1.807, 2.05) is 60.4 Å². The second-order valence-electron chi connectivity index (χ2n) is 7.45. The highest BCUT2D eigenvalue weighted by Crippen LogP contribution is 2.30. The van der Waals surface area contributed by atoms with Crippen LogP contribution in [0.5, 0.6) is 0 Å². The molecule has 0 saturated carbocycles. The van der Waals surface area contributed by atoms with Crippen molar-refractivity contribution in [1.29, 1.82) is 5.26 Å². The number of ether oxygens (including phenoxy) is 1. The third-order valence-electron chi connectivity index (χ3n) is 5.23. The molecule has 7 heteroatoms. The summed E-state index contributed by atoms with van der Waals surface area (Å²) in [5, 5.41) is 10.7. The maximum atomic E-state index is 12.9. The van der Waals surface area contributed by atoms with E-state index in [9.17, 15) is 10.1 Å². The summed E-state index contributed by atoms with van der Waals surface area (Å²) in [5.74, 6) is 0.452. The molecule has 1 aliphatic rings. The average Bonchev–Trinajstić information content (AvgIpc) is 3.10. The molecule has 0 radical (unpaired) electrons. The summed E-state index contributed by atoms with van der Waals surface area (Å²) < 4.78 is 7.75. The first-order valence-corrected chi connectivity index (χ1v) is 10.9. The summed E-state index contributed by atoms with van der Waals surface area (Å²) in [6, 6.07) is 12.2. The van der Waals surface area contributed by atoms with Crippen LogP contribution in [0, 0.1) is 11.3 Å². The van der Waals surface area contributed by atoms with E-state index < -0.39 is 0 Å². The fraction of sp³-hybridized carbons (Fsp3) is 0.409. The fourth-order valence-electron chi connectivity index (χ4n) is 3.96. The number of rotatable bonds is 4. The Labute approximate surface area is 174 Å². The molecule has 0 unspecified atom stereocenters. The van der Waals surface area contributed by atoms with Crippen molar-refractivity contribution in [2.75, 3.05) is 18.8 Å². The zero-order valence-corrected chi connectivity index (χ0v) is 17.7. The highest BCUT2D eigenvalue weighted by Gasteiger charge is 2.26. The van der Waals surface area contributed by atoms with Crippen molar-refractivity contribution < 1.29 is 9.53 Å². The molecule has 1 amide bonds. The predicted octanol–water partition coefficient (Wildman–Crippen LogP) is 3.65. The van der Waals surface area contributed by atoms with Crippen molar-refractivity contribution in [3.8, 4) is 6.07 Å². The number of thioether (sulfide) groups is 1. The SMILES string of the molecule is CCc1cc(SCC(=O)N2C[C@@H](C)O[C@H](C)C2)n2c(nc3ccccc32)c1C#N. The second-order valence-corrected chi connectivity index (χ2v) is 8.45. The highest BCUT2D eigenvalue weighted by atomic mass is 32.2. The van der Waals surface area contributed by atoms with Crippen molar-refractivity contribution in [3.63, 3.8) is 0 Å². The first-order valence-electron chi connectivity index (χ1n) is 9.91. The van der Waals surface area contributed by atoms with E-state index >= 15 is 0 Å². The minimum Gasteiger partial charge on any atom is -0.372 e. The van der Waals surface area contributed by atoms with Crippen molar-refractivity contribution in [2.24, 2.45) is 0 Å². The Morgan fingerprint density at radius 2 is 2.03 bits per heavy atom. The largest absolute Gasteiger partial charge is 0.372 e. The number of carbonyl (C=O) groups is 1. The first kappa shape index (κ1) is 19.7. The van der Waals surface area contributed by atoms with Crippen LogP contribution in [0.3, 0.4) is 0 Å². The van der Waals surface area contributed by atoms with Crippen LogP contribution in [0.2, 0.25) is 0 Å². The number of hydrogen-bond acceptors (Lipinski definition) is 5. The summed E-state index contributed by atoms with van der Waals surface area (Å²) in [5.41, 5.74) is 4.03. The first-order chi connectivity index (χ1) is 14.0. The van der Waals surface area contributed by atoms with Crippen molar-refractivity contribution in [3.05, 3.63) is 41.5 Å². The Morgan fingerprint density at radius 3 is 2.72 bits per heavy atom. The lowest BCUT2D eigenvalue weighted by Crippen LogP contribution is -2.48. The fourth-order valence-corrected chi connectivity index (χ4v) is 4.95. The van der Waals surface area contributed by atoms with Crippen LogP contribution >= 0.6 is 11.8 Å². The number of nitriles is 1.